The molecule has 2 aliphatic heterocycles. The summed E-state index contributed by atoms with van der Waals surface area (Å²) in [4.78, 5) is 23.1. The molecule has 0 radical (unpaired) electrons. The van der Waals surface area contributed by atoms with E-state index in [9.17, 15) is 4.79 Å². The summed E-state index contributed by atoms with van der Waals surface area (Å²) in [5.41, 5.74) is 0.963. The molecule has 0 aromatic carbocycles. The highest BCUT2D eigenvalue weighted by atomic mass is 127. The van der Waals surface area contributed by atoms with Gasteiger partial charge in [-0.25, -0.2) is 0 Å². The van der Waals surface area contributed by atoms with Crippen LogP contribution in [0.5, 0.6) is 0 Å². The van der Waals surface area contributed by atoms with Crippen LogP contribution in [0.1, 0.15) is 31.2 Å². The third-order valence-electron chi connectivity index (χ3n) is 5.20. The molecule has 3 rings (SSSR count). The molecule has 29 heavy (non-hydrogen) atoms. The third kappa shape index (κ3) is 6.82. The van der Waals surface area contributed by atoms with Gasteiger partial charge in [0.2, 0.25) is 5.91 Å². The normalized spacial score (nSPS) is 18.7. The molecule has 2 saturated heterocycles. The largest absolute Gasteiger partial charge is 0.378 e. The number of ether oxygens (including phenoxy) is 1. The molecule has 2 fully saturated rings. The minimum atomic E-state index is 0. The van der Waals surface area contributed by atoms with Gasteiger partial charge in [0.15, 0.2) is 11.7 Å². The lowest BCUT2D eigenvalue weighted by atomic mass is 10.1. The number of nitrogens with one attached hydrogen (secondary N) is 1. The molecule has 1 aromatic heterocycles. The average molecular weight is 520 g/mol. The van der Waals surface area contributed by atoms with Crippen molar-refractivity contribution in [2.24, 2.45) is 4.99 Å². The highest BCUT2D eigenvalue weighted by molar-refractivity contribution is 14.0. The van der Waals surface area contributed by atoms with E-state index < -0.39 is 0 Å². The molecular formula is C19H33IN6O3. The van der Waals surface area contributed by atoms with Gasteiger partial charge in [0.1, 0.15) is 0 Å². The minimum Gasteiger partial charge on any atom is -0.378 e. The Kier molecular flexibility index (Phi) is 9.63. The van der Waals surface area contributed by atoms with E-state index in [4.69, 9.17) is 9.26 Å². The zero-order valence-corrected chi connectivity index (χ0v) is 19.9. The molecule has 0 unspecified atom stereocenters. The molecule has 0 bridgehead atoms. The Morgan fingerprint density at radius 3 is 2.45 bits per heavy atom. The number of hydrogen-bond acceptors (Lipinski definition) is 6. The van der Waals surface area contributed by atoms with Gasteiger partial charge >= 0.3 is 0 Å². The summed E-state index contributed by atoms with van der Waals surface area (Å²) < 4.78 is 10.7. The van der Waals surface area contributed by atoms with Crippen LogP contribution in [-0.4, -0.2) is 97.8 Å². The van der Waals surface area contributed by atoms with E-state index in [-0.39, 0.29) is 29.9 Å². The maximum absolute atomic E-state index is 12.4. The number of carbonyl (C=O) groups excluding carboxylic acids is 1. The molecule has 1 aromatic rings. The van der Waals surface area contributed by atoms with Crippen molar-refractivity contribution in [2.75, 3.05) is 66.1 Å². The quantitative estimate of drug-likeness (QED) is 0.352. The molecular weight excluding hydrogens is 487 g/mol. The van der Waals surface area contributed by atoms with Crippen molar-refractivity contribution >= 4 is 35.8 Å². The van der Waals surface area contributed by atoms with Crippen LogP contribution in [0.3, 0.4) is 0 Å². The van der Waals surface area contributed by atoms with Crippen LogP contribution in [-0.2, 0) is 16.1 Å². The summed E-state index contributed by atoms with van der Waals surface area (Å²) in [6.07, 6.45) is 0. The number of guanidine groups is 1. The SMILES string of the molecule is CN=C(NCc1cc(C(C)C)no1)N1CCN(CC(=O)N2CCOCC2)CC1.I. The zero-order valence-electron chi connectivity index (χ0n) is 17.6. The predicted octanol–water partition coefficient (Wildman–Crippen LogP) is 0.968. The summed E-state index contributed by atoms with van der Waals surface area (Å²) in [7, 11) is 1.79. The van der Waals surface area contributed by atoms with Crippen LogP contribution >= 0.6 is 24.0 Å². The number of hydrogen-bond donors (Lipinski definition) is 1. The van der Waals surface area contributed by atoms with Crippen molar-refractivity contribution in [1.29, 1.82) is 0 Å². The Balaban J connectivity index is 0.00000300. The van der Waals surface area contributed by atoms with E-state index >= 15 is 0 Å². The number of halogens is 1. The van der Waals surface area contributed by atoms with Crippen LogP contribution < -0.4 is 5.32 Å². The highest BCUT2D eigenvalue weighted by Crippen LogP contribution is 2.14. The molecule has 10 heteroatoms. The van der Waals surface area contributed by atoms with Gasteiger partial charge in [-0.3, -0.25) is 14.7 Å². The minimum absolute atomic E-state index is 0. The lowest BCUT2D eigenvalue weighted by Crippen LogP contribution is -2.54. The maximum atomic E-state index is 12.4. The summed E-state index contributed by atoms with van der Waals surface area (Å²) in [6, 6.07) is 1.99. The molecule has 0 atom stereocenters. The summed E-state index contributed by atoms with van der Waals surface area (Å²) in [5.74, 6) is 2.21. The number of aliphatic imine (C=N–C) groups is 1. The second-order valence-corrected chi connectivity index (χ2v) is 7.53. The third-order valence-corrected chi connectivity index (χ3v) is 5.20. The highest BCUT2D eigenvalue weighted by Gasteiger charge is 2.24. The molecule has 0 spiro atoms. The van der Waals surface area contributed by atoms with Crippen molar-refractivity contribution in [3.8, 4) is 0 Å². The van der Waals surface area contributed by atoms with Crippen molar-refractivity contribution in [3.05, 3.63) is 17.5 Å². The first-order valence-electron chi connectivity index (χ1n) is 10.1. The fourth-order valence-corrected chi connectivity index (χ4v) is 3.40. The van der Waals surface area contributed by atoms with Crippen molar-refractivity contribution in [1.82, 2.24) is 25.2 Å². The first-order chi connectivity index (χ1) is 13.6. The second kappa shape index (κ2) is 11.7. The number of amides is 1. The van der Waals surface area contributed by atoms with Gasteiger partial charge in [0.25, 0.3) is 0 Å². The fourth-order valence-electron chi connectivity index (χ4n) is 3.40. The topological polar surface area (TPSA) is 86.4 Å². The number of nitrogens with zero attached hydrogens (tertiary/aromatic N) is 5. The van der Waals surface area contributed by atoms with Gasteiger partial charge in [-0.1, -0.05) is 19.0 Å². The van der Waals surface area contributed by atoms with E-state index in [1.807, 2.05) is 11.0 Å². The summed E-state index contributed by atoms with van der Waals surface area (Å²) in [5, 5.41) is 7.44. The zero-order chi connectivity index (χ0) is 19.9. The first-order valence-corrected chi connectivity index (χ1v) is 10.1. The molecule has 3 heterocycles. The Morgan fingerprint density at radius 1 is 1.17 bits per heavy atom. The molecule has 164 valence electrons. The Labute approximate surface area is 189 Å². The van der Waals surface area contributed by atoms with Crippen LogP contribution in [0, 0.1) is 0 Å². The van der Waals surface area contributed by atoms with Crippen LogP contribution in [0.25, 0.3) is 0 Å². The molecule has 2 aliphatic rings. The summed E-state index contributed by atoms with van der Waals surface area (Å²) >= 11 is 0. The monoisotopic (exact) mass is 520 g/mol. The van der Waals surface area contributed by atoms with Crippen molar-refractivity contribution in [3.63, 3.8) is 0 Å². The van der Waals surface area contributed by atoms with Gasteiger partial charge in [-0.05, 0) is 5.92 Å². The van der Waals surface area contributed by atoms with Gasteiger partial charge in [-0.15, -0.1) is 24.0 Å². The van der Waals surface area contributed by atoms with Crippen molar-refractivity contribution < 1.29 is 14.1 Å². The standard InChI is InChI=1S/C19H32N6O3.HI/c1-15(2)17-12-16(28-22-17)13-21-19(20-3)25-6-4-23(5-7-25)14-18(26)24-8-10-27-11-9-24;/h12,15H,4-11,13-14H2,1-3H3,(H,20,21);1H. The van der Waals surface area contributed by atoms with E-state index in [0.29, 0.717) is 45.3 Å². The van der Waals surface area contributed by atoms with Gasteiger partial charge in [0.05, 0.1) is 32.0 Å². The van der Waals surface area contributed by atoms with Crippen LogP contribution in [0.2, 0.25) is 0 Å². The molecule has 9 nitrogen and oxygen atoms in total. The number of piperazine rings is 1. The predicted molar refractivity (Wildman–Crippen MR) is 122 cm³/mol. The van der Waals surface area contributed by atoms with E-state index in [0.717, 1.165) is 43.6 Å². The number of aromatic nitrogens is 1. The molecule has 1 N–H and O–H groups in total. The van der Waals surface area contributed by atoms with E-state index in [1.165, 1.54) is 0 Å². The van der Waals surface area contributed by atoms with Crippen LogP contribution in [0.15, 0.2) is 15.6 Å². The van der Waals surface area contributed by atoms with Crippen molar-refractivity contribution in [2.45, 2.75) is 26.3 Å². The van der Waals surface area contributed by atoms with Gasteiger partial charge in [0, 0.05) is 52.4 Å². The summed E-state index contributed by atoms with van der Waals surface area (Å²) in [6.45, 7) is 11.3. The number of carbonyl (C=O) groups is 1. The average Bonchev–Trinajstić information content (AvgIpc) is 3.20. The second-order valence-electron chi connectivity index (χ2n) is 7.53. The lowest BCUT2D eigenvalue weighted by Gasteiger charge is -2.37. The molecule has 1 amide bonds. The fraction of sp³-hybridized carbons (Fsp3) is 0.737. The Morgan fingerprint density at radius 2 is 1.86 bits per heavy atom. The lowest BCUT2D eigenvalue weighted by molar-refractivity contribution is -0.136. The first kappa shape index (κ1) is 23.9. The Hall–Kier alpha value is -1.40. The van der Waals surface area contributed by atoms with Gasteiger partial charge in [-0.2, -0.15) is 0 Å². The smallest absolute Gasteiger partial charge is 0.236 e. The molecule has 0 saturated carbocycles. The molecule has 0 aliphatic carbocycles. The van der Waals surface area contributed by atoms with E-state index in [1.54, 1.807) is 7.05 Å². The number of rotatable bonds is 5. The maximum Gasteiger partial charge on any atom is 0.236 e. The van der Waals surface area contributed by atoms with Crippen LogP contribution in [0.4, 0.5) is 0 Å². The number of morpholine rings is 1. The Bertz CT molecular complexity index is 667. The van der Waals surface area contributed by atoms with E-state index in [2.05, 4.69) is 39.1 Å². The van der Waals surface area contributed by atoms with Gasteiger partial charge < -0.3 is 24.4 Å².